The van der Waals surface area contributed by atoms with E-state index in [1.807, 2.05) is 24.5 Å². The van der Waals surface area contributed by atoms with Crippen LogP contribution in [0.15, 0.2) is 225 Å². The predicted molar refractivity (Wildman–Crippen MR) is 268 cm³/mol. The number of para-hydroxylation sites is 3. The van der Waals surface area contributed by atoms with Crippen molar-refractivity contribution in [2.75, 3.05) is 0 Å². The van der Waals surface area contributed by atoms with Gasteiger partial charge in [-0.25, -0.2) is 0 Å². The average Bonchev–Trinajstić information content (AvgIpc) is 3.70. The molecule has 4 heteroatoms. The van der Waals surface area contributed by atoms with Crippen molar-refractivity contribution >= 4 is 21.8 Å². The summed E-state index contributed by atoms with van der Waals surface area (Å²) in [5.74, 6) is 1.76. The van der Waals surface area contributed by atoms with Crippen LogP contribution in [0.5, 0.6) is 11.5 Å². The highest BCUT2D eigenvalue weighted by Crippen LogP contribution is 2.54. The Labute approximate surface area is 378 Å². The zero-order valence-electron chi connectivity index (χ0n) is 36.1. The van der Waals surface area contributed by atoms with E-state index in [1.165, 1.54) is 21.9 Å². The van der Waals surface area contributed by atoms with Gasteiger partial charge < -0.3 is 9.30 Å². The minimum absolute atomic E-state index is 0.327. The van der Waals surface area contributed by atoms with Crippen molar-refractivity contribution in [2.24, 2.45) is 0 Å². The van der Waals surface area contributed by atoms with Crippen LogP contribution in [0, 0.1) is 0 Å². The van der Waals surface area contributed by atoms with Gasteiger partial charge in [-0.15, -0.1) is 0 Å². The van der Waals surface area contributed by atoms with Crippen LogP contribution in [0.4, 0.5) is 0 Å². The molecule has 11 aromatic rings. The molecule has 0 aliphatic carbocycles. The Morgan fingerprint density at radius 1 is 0.385 bits per heavy atom. The first-order chi connectivity index (χ1) is 32.0. The van der Waals surface area contributed by atoms with Crippen molar-refractivity contribution in [1.29, 1.82) is 0 Å². The minimum atomic E-state index is -0.327. The molecule has 308 valence electrons. The number of pyridine rings is 2. The number of rotatable bonds is 7. The van der Waals surface area contributed by atoms with Gasteiger partial charge in [-0.2, -0.15) is 0 Å². The summed E-state index contributed by atoms with van der Waals surface area (Å²) in [6.45, 7) is 4.62. The molecule has 12 rings (SSSR count). The second-order valence-electron chi connectivity index (χ2n) is 17.4. The summed E-state index contributed by atoms with van der Waals surface area (Å²) in [5.41, 5.74) is 18.2. The average molecular weight is 834 g/mol. The lowest BCUT2D eigenvalue weighted by Crippen LogP contribution is -2.25. The molecule has 0 amide bonds. The van der Waals surface area contributed by atoms with Crippen molar-refractivity contribution in [2.45, 2.75) is 19.3 Å². The fraction of sp³-hybridized carbons (Fsp3) is 0.0492. The monoisotopic (exact) mass is 833 g/mol. The Balaban J connectivity index is 0.932. The van der Waals surface area contributed by atoms with Crippen molar-refractivity contribution in [3.05, 3.63) is 236 Å². The molecule has 1 aliphatic rings. The molecular weight excluding hydrogens is 791 g/mol. The number of fused-ring (bicyclic) bond motifs is 5. The van der Waals surface area contributed by atoms with Crippen LogP contribution in [0.25, 0.3) is 94.5 Å². The lowest BCUT2D eigenvalue weighted by atomic mass is 9.74. The van der Waals surface area contributed by atoms with Gasteiger partial charge in [0.05, 0.1) is 22.4 Å². The minimum Gasteiger partial charge on any atom is -0.455 e. The quantitative estimate of drug-likeness (QED) is 0.161. The SMILES string of the molecule is CC1(C)c2cccc(-c3ccc(-c4ccc5c6ccccc6n(-c6cccc(-c7ccccn7)c6)c5c4)nc3)c2Oc2c(-c3cc(-c4ccccc4)cc(-c4ccccc4)c3)cccc21. The van der Waals surface area contributed by atoms with Gasteiger partial charge in [0.2, 0.25) is 0 Å². The lowest BCUT2D eigenvalue weighted by molar-refractivity contribution is 0.421. The Bertz CT molecular complexity index is 3520. The van der Waals surface area contributed by atoms with Gasteiger partial charge in [-0.1, -0.05) is 166 Å². The van der Waals surface area contributed by atoms with Gasteiger partial charge in [-0.05, 0) is 88.5 Å². The first-order valence-electron chi connectivity index (χ1n) is 22.2. The zero-order valence-corrected chi connectivity index (χ0v) is 36.1. The lowest BCUT2D eigenvalue weighted by Gasteiger charge is -2.36. The summed E-state index contributed by atoms with van der Waals surface area (Å²) in [6.07, 6.45) is 3.84. The molecule has 4 heterocycles. The van der Waals surface area contributed by atoms with Crippen LogP contribution in [0.3, 0.4) is 0 Å². The van der Waals surface area contributed by atoms with Crippen LogP contribution < -0.4 is 4.74 Å². The molecule has 0 bridgehead atoms. The number of hydrogen-bond acceptors (Lipinski definition) is 3. The van der Waals surface area contributed by atoms with Gasteiger partial charge >= 0.3 is 0 Å². The number of nitrogens with zero attached hydrogens (tertiary/aromatic N) is 3. The largest absolute Gasteiger partial charge is 0.455 e. The Morgan fingerprint density at radius 3 is 1.63 bits per heavy atom. The highest BCUT2D eigenvalue weighted by atomic mass is 16.5. The maximum atomic E-state index is 7.22. The Hall–Kier alpha value is -8.34. The molecule has 4 nitrogen and oxygen atoms in total. The highest BCUT2D eigenvalue weighted by Gasteiger charge is 2.37. The third-order valence-corrected chi connectivity index (χ3v) is 13.1. The summed E-state index contributed by atoms with van der Waals surface area (Å²) in [7, 11) is 0. The summed E-state index contributed by atoms with van der Waals surface area (Å²) < 4.78 is 9.58. The van der Waals surface area contributed by atoms with E-state index < -0.39 is 0 Å². The highest BCUT2D eigenvalue weighted by molar-refractivity contribution is 6.10. The van der Waals surface area contributed by atoms with Crippen molar-refractivity contribution in [1.82, 2.24) is 14.5 Å². The fourth-order valence-electron chi connectivity index (χ4n) is 9.83. The number of aromatic nitrogens is 3. The van der Waals surface area contributed by atoms with Crippen LogP contribution >= 0.6 is 0 Å². The van der Waals surface area contributed by atoms with Crippen molar-refractivity contribution in [3.63, 3.8) is 0 Å². The van der Waals surface area contributed by atoms with E-state index in [0.717, 1.165) is 95.2 Å². The van der Waals surface area contributed by atoms with Gasteiger partial charge in [0, 0.05) is 73.2 Å². The first kappa shape index (κ1) is 38.3. The normalized spacial score (nSPS) is 12.7. The molecule has 3 aromatic heterocycles. The van der Waals surface area contributed by atoms with Gasteiger partial charge in [0.1, 0.15) is 11.5 Å². The van der Waals surface area contributed by atoms with Crippen LogP contribution in [-0.4, -0.2) is 14.5 Å². The fourth-order valence-corrected chi connectivity index (χ4v) is 9.83. The molecule has 0 saturated heterocycles. The number of benzene rings is 8. The second kappa shape index (κ2) is 15.5. The van der Waals surface area contributed by atoms with E-state index in [1.54, 1.807) is 0 Å². The van der Waals surface area contributed by atoms with E-state index in [2.05, 4.69) is 224 Å². The summed E-state index contributed by atoms with van der Waals surface area (Å²) in [4.78, 5) is 9.78. The second-order valence-corrected chi connectivity index (χ2v) is 17.4. The molecule has 0 saturated carbocycles. The molecule has 0 N–H and O–H groups in total. The summed E-state index contributed by atoms with van der Waals surface area (Å²) in [5, 5.41) is 2.41. The van der Waals surface area contributed by atoms with Crippen molar-refractivity contribution in [3.8, 4) is 84.2 Å². The third kappa shape index (κ3) is 6.61. The smallest absolute Gasteiger partial charge is 0.139 e. The topological polar surface area (TPSA) is 39.9 Å². The summed E-state index contributed by atoms with van der Waals surface area (Å²) >= 11 is 0. The van der Waals surface area contributed by atoms with Gasteiger partial charge in [-0.3, -0.25) is 9.97 Å². The maximum absolute atomic E-state index is 7.22. The molecule has 65 heavy (non-hydrogen) atoms. The van der Waals surface area contributed by atoms with Crippen LogP contribution in [0.1, 0.15) is 25.0 Å². The van der Waals surface area contributed by atoms with Gasteiger partial charge in [0.25, 0.3) is 0 Å². The van der Waals surface area contributed by atoms with E-state index in [-0.39, 0.29) is 5.41 Å². The number of ether oxygens (including phenoxy) is 1. The molecular formula is C61H43N3O. The van der Waals surface area contributed by atoms with Crippen LogP contribution in [-0.2, 0) is 5.41 Å². The van der Waals surface area contributed by atoms with E-state index in [9.17, 15) is 0 Å². The van der Waals surface area contributed by atoms with Gasteiger partial charge in [0.15, 0.2) is 0 Å². The van der Waals surface area contributed by atoms with E-state index in [4.69, 9.17) is 9.72 Å². The molecule has 0 spiro atoms. The summed E-state index contributed by atoms with van der Waals surface area (Å²) in [6, 6.07) is 75.6. The molecule has 1 aliphatic heterocycles. The molecule has 0 atom stereocenters. The maximum Gasteiger partial charge on any atom is 0.139 e. The molecule has 0 fully saturated rings. The standard InChI is InChI=1S/C61H43N3O/c1-61(2)53-25-14-23-49(59(53)65-60-50(24-15-26-54(60)61)47-35-45(40-16-5-3-6-17-40)34-46(36-47)41-18-7-4-8-19-41)44-30-32-56(63-39-44)43-29-31-52-51-22-9-10-28-57(51)64(58(52)38-43)48-21-13-20-42(37-48)55-27-11-12-33-62-55/h3-39H,1-2H3. The zero-order chi connectivity index (χ0) is 43.5. The molecule has 0 unspecified atom stereocenters. The molecule has 0 radical (unpaired) electrons. The van der Waals surface area contributed by atoms with Crippen molar-refractivity contribution < 1.29 is 4.74 Å². The Kier molecular flexibility index (Phi) is 9.13. The number of hydrogen-bond donors (Lipinski definition) is 0. The predicted octanol–water partition coefficient (Wildman–Crippen LogP) is 16.0. The first-order valence-corrected chi connectivity index (χ1v) is 22.2. The van der Waals surface area contributed by atoms with E-state index in [0.29, 0.717) is 0 Å². The Morgan fingerprint density at radius 2 is 0.954 bits per heavy atom. The van der Waals surface area contributed by atoms with Crippen LogP contribution in [0.2, 0.25) is 0 Å². The third-order valence-electron chi connectivity index (χ3n) is 13.1. The van der Waals surface area contributed by atoms with E-state index >= 15 is 0 Å². The molecule has 8 aromatic carbocycles.